The Kier molecular flexibility index (Phi) is 5.56. The predicted molar refractivity (Wildman–Crippen MR) is 79.0 cm³/mol. The van der Waals surface area contributed by atoms with Gasteiger partial charge in [-0.3, -0.25) is 15.0 Å². The van der Waals surface area contributed by atoms with E-state index in [1.54, 1.807) is 12.1 Å². The van der Waals surface area contributed by atoms with E-state index in [0.29, 0.717) is 30.4 Å². The second kappa shape index (κ2) is 7.62. The lowest BCUT2D eigenvalue weighted by atomic mass is 10.2. The van der Waals surface area contributed by atoms with E-state index in [1.807, 2.05) is 4.90 Å². The third-order valence-electron chi connectivity index (χ3n) is 3.11. The van der Waals surface area contributed by atoms with Gasteiger partial charge in [-0.05, 0) is 25.1 Å². The summed E-state index contributed by atoms with van der Waals surface area (Å²) in [6.45, 7) is 3.97. The molecule has 0 unspecified atom stereocenters. The molecule has 1 aromatic heterocycles. The highest BCUT2D eigenvalue weighted by molar-refractivity contribution is 5.55. The molecule has 0 atom stereocenters. The van der Waals surface area contributed by atoms with Crippen LogP contribution < -0.4 is 0 Å². The molecule has 0 amide bonds. The van der Waals surface area contributed by atoms with Crippen LogP contribution in [0.1, 0.15) is 19.2 Å². The van der Waals surface area contributed by atoms with Crippen LogP contribution in [0.3, 0.4) is 0 Å². The Morgan fingerprint density at radius 1 is 1.27 bits per heavy atom. The topological polar surface area (TPSA) is 106 Å². The van der Waals surface area contributed by atoms with E-state index in [2.05, 4.69) is 17.1 Å². The highest BCUT2D eigenvalue weighted by Crippen LogP contribution is 2.21. The van der Waals surface area contributed by atoms with Gasteiger partial charge in [0.05, 0.1) is 18.1 Å². The minimum absolute atomic E-state index is 0.0144. The third-order valence-corrected chi connectivity index (χ3v) is 3.11. The molecule has 0 radical (unpaired) electrons. The smallest absolute Gasteiger partial charge is 0.269 e. The maximum Gasteiger partial charge on any atom is 0.269 e. The summed E-state index contributed by atoms with van der Waals surface area (Å²) in [6.07, 6.45) is 0.962. The molecule has 0 fully saturated rings. The van der Waals surface area contributed by atoms with Gasteiger partial charge in [-0.1, -0.05) is 6.92 Å². The molecule has 118 valence electrons. The van der Waals surface area contributed by atoms with E-state index >= 15 is 0 Å². The van der Waals surface area contributed by atoms with Crippen LogP contribution in [0.2, 0.25) is 0 Å². The molecule has 8 heteroatoms. The van der Waals surface area contributed by atoms with Gasteiger partial charge in [-0.2, -0.15) is 0 Å². The number of benzene rings is 1. The summed E-state index contributed by atoms with van der Waals surface area (Å²) in [6, 6.07) is 5.95. The highest BCUT2D eigenvalue weighted by atomic mass is 16.6. The molecular weight excluding hydrogens is 288 g/mol. The number of hydrogen-bond acceptors (Lipinski definition) is 7. The van der Waals surface area contributed by atoms with Gasteiger partial charge in [0.1, 0.15) is 0 Å². The first-order valence-electron chi connectivity index (χ1n) is 7.04. The normalized spacial score (nSPS) is 11.0. The maximum atomic E-state index is 10.6. The van der Waals surface area contributed by atoms with Gasteiger partial charge in [0, 0.05) is 24.2 Å². The molecular formula is C14H18N4O4. The summed E-state index contributed by atoms with van der Waals surface area (Å²) >= 11 is 0. The number of nitro groups is 1. The first-order valence-corrected chi connectivity index (χ1v) is 7.04. The molecule has 22 heavy (non-hydrogen) atoms. The van der Waals surface area contributed by atoms with Crippen molar-refractivity contribution in [2.45, 2.75) is 19.9 Å². The second-order valence-corrected chi connectivity index (χ2v) is 4.80. The molecule has 0 spiro atoms. The minimum Gasteiger partial charge on any atom is -0.419 e. The van der Waals surface area contributed by atoms with Gasteiger partial charge in [0.25, 0.3) is 5.69 Å². The molecule has 1 heterocycles. The maximum absolute atomic E-state index is 10.6. The molecule has 0 bridgehead atoms. The zero-order valence-corrected chi connectivity index (χ0v) is 12.3. The third kappa shape index (κ3) is 4.09. The first-order chi connectivity index (χ1) is 10.6. The van der Waals surface area contributed by atoms with Crippen molar-refractivity contribution in [3.63, 3.8) is 0 Å². The van der Waals surface area contributed by atoms with Crippen LogP contribution in [0, 0.1) is 10.1 Å². The number of aliphatic hydroxyl groups excluding tert-OH is 1. The van der Waals surface area contributed by atoms with Crippen LogP contribution in [-0.2, 0) is 6.54 Å². The number of aliphatic hydroxyl groups is 1. The minimum atomic E-state index is -0.458. The Morgan fingerprint density at radius 3 is 2.59 bits per heavy atom. The summed E-state index contributed by atoms with van der Waals surface area (Å²) in [5.74, 6) is 0.778. The molecule has 2 aromatic rings. The summed E-state index contributed by atoms with van der Waals surface area (Å²) < 4.78 is 5.58. The molecule has 0 saturated heterocycles. The Morgan fingerprint density at radius 2 is 2.00 bits per heavy atom. The van der Waals surface area contributed by atoms with E-state index in [1.165, 1.54) is 12.1 Å². The van der Waals surface area contributed by atoms with E-state index in [0.717, 1.165) is 13.0 Å². The van der Waals surface area contributed by atoms with Gasteiger partial charge in [0.15, 0.2) is 0 Å². The summed E-state index contributed by atoms with van der Waals surface area (Å²) in [7, 11) is 0. The standard InChI is InChI=1S/C14H18N4O4/c1-2-7-17(8-9-19)10-13-15-16-14(22-13)11-3-5-12(6-4-11)18(20)21/h3-6,19H,2,7-10H2,1H3. The van der Waals surface area contributed by atoms with Crippen LogP contribution >= 0.6 is 0 Å². The number of aromatic nitrogens is 2. The van der Waals surface area contributed by atoms with E-state index in [4.69, 9.17) is 9.52 Å². The molecule has 2 rings (SSSR count). The van der Waals surface area contributed by atoms with Gasteiger partial charge < -0.3 is 9.52 Å². The highest BCUT2D eigenvalue weighted by Gasteiger charge is 2.13. The molecule has 0 aliphatic heterocycles. The number of nitro benzene ring substituents is 1. The van der Waals surface area contributed by atoms with Crippen LogP contribution in [0.15, 0.2) is 28.7 Å². The van der Waals surface area contributed by atoms with Crippen molar-refractivity contribution in [1.29, 1.82) is 0 Å². The van der Waals surface area contributed by atoms with Crippen molar-refractivity contribution < 1.29 is 14.4 Å². The molecule has 0 aliphatic carbocycles. The van der Waals surface area contributed by atoms with Gasteiger partial charge in [-0.15, -0.1) is 10.2 Å². The lowest BCUT2D eigenvalue weighted by Gasteiger charge is -2.17. The Balaban J connectivity index is 2.08. The Hall–Kier alpha value is -2.32. The number of hydrogen-bond donors (Lipinski definition) is 1. The Bertz CT molecular complexity index is 606. The van der Waals surface area contributed by atoms with Crippen LogP contribution in [0.4, 0.5) is 5.69 Å². The number of rotatable bonds is 8. The van der Waals surface area contributed by atoms with Crippen molar-refractivity contribution in [3.8, 4) is 11.5 Å². The molecule has 8 nitrogen and oxygen atoms in total. The van der Waals surface area contributed by atoms with Crippen molar-refractivity contribution in [1.82, 2.24) is 15.1 Å². The fourth-order valence-corrected chi connectivity index (χ4v) is 2.08. The van der Waals surface area contributed by atoms with Crippen LogP contribution in [0.25, 0.3) is 11.5 Å². The summed E-state index contributed by atoms with van der Waals surface area (Å²) in [5.41, 5.74) is 0.647. The number of nitrogens with zero attached hydrogens (tertiary/aromatic N) is 4. The fourth-order valence-electron chi connectivity index (χ4n) is 2.08. The lowest BCUT2D eigenvalue weighted by molar-refractivity contribution is -0.384. The zero-order chi connectivity index (χ0) is 15.9. The summed E-state index contributed by atoms with van der Waals surface area (Å²) in [4.78, 5) is 12.2. The van der Waals surface area contributed by atoms with Crippen molar-refractivity contribution in [2.24, 2.45) is 0 Å². The summed E-state index contributed by atoms with van der Waals surface area (Å²) in [5, 5.41) is 27.6. The van der Waals surface area contributed by atoms with Gasteiger partial charge in [-0.25, -0.2) is 0 Å². The van der Waals surface area contributed by atoms with E-state index in [9.17, 15) is 10.1 Å². The van der Waals surface area contributed by atoms with Crippen molar-refractivity contribution in [3.05, 3.63) is 40.3 Å². The number of non-ortho nitro benzene ring substituents is 1. The molecule has 0 saturated carbocycles. The van der Waals surface area contributed by atoms with E-state index < -0.39 is 4.92 Å². The quantitative estimate of drug-likeness (QED) is 0.586. The largest absolute Gasteiger partial charge is 0.419 e. The average Bonchev–Trinajstić information content (AvgIpc) is 2.96. The van der Waals surface area contributed by atoms with Crippen molar-refractivity contribution >= 4 is 5.69 Å². The SMILES string of the molecule is CCCN(CCO)Cc1nnc(-c2ccc([N+](=O)[O-])cc2)o1. The van der Waals surface area contributed by atoms with Crippen LogP contribution in [-0.4, -0.2) is 44.8 Å². The average molecular weight is 306 g/mol. The first kappa shape index (κ1) is 16.1. The lowest BCUT2D eigenvalue weighted by Crippen LogP contribution is -2.27. The molecule has 1 aromatic carbocycles. The molecule has 1 N–H and O–H groups in total. The fraction of sp³-hybridized carbons (Fsp3) is 0.429. The predicted octanol–water partition coefficient (Wildman–Crippen LogP) is 1.85. The second-order valence-electron chi connectivity index (χ2n) is 4.80. The van der Waals surface area contributed by atoms with E-state index in [-0.39, 0.29) is 12.3 Å². The van der Waals surface area contributed by atoms with Gasteiger partial charge >= 0.3 is 0 Å². The zero-order valence-electron chi connectivity index (χ0n) is 12.3. The van der Waals surface area contributed by atoms with Crippen LogP contribution in [0.5, 0.6) is 0 Å². The monoisotopic (exact) mass is 306 g/mol. The van der Waals surface area contributed by atoms with Crippen molar-refractivity contribution in [2.75, 3.05) is 19.7 Å². The molecule has 0 aliphatic rings. The van der Waals surface area contributed by atoms with Gasteiger partial charge in [0.2, 0.25) is 11.8 Å². The Labute approximate surface area is 127 Å².